The van der Waals surface area contributed by atoms with Gasteiger partial charge in [0.25, 0.3) is 0 Å². The van der Waals surface area contributed by atoms with Gasteiger partial charge < -0.3 is 15.2 Å². The standard InChI is InChI=1S/C20H26ClNO2/c1-14(2)24-19-9-7-16(8-10-19)15(3)12-22-13-20(23)17-5-4-6-18(21)11-17/h4-11,14-15,20,22-23H,12-13H2,1-3H3. The van der Waals surface area contributed by atoms with Gasteiger partial charge in [-0.05, 0) is 55.2 Å². The molecule has 0 aliphatic carbocycles. The first-order chi connectivity index (χ1) is 11.5. The van der Waals surface area contributed by atoms with E-state index < -0.39 is 6.10 Å². The van der Waals surface area contributed by atoms with Crippen LogP contribution in [0.3, 0.4) is 0 Å². The van der Waals surface area contributed by atoms with E-state index >= 15 is 0 Å². The minimum atomic E-state index is -0.558. The van der Waals surface area contributed by atoms with E-state index in [4.69, 9.17) is 16.3 Å². The van der Waals surface area contributed by atoms with Crippen LogP contribution in [0.4, 0.5) is 0 Å². The van der Waals surface area contributed by atoms with E-state index in [9.17, 15) is 5.11 Å². The Bertz CT molecular complexity index is 628. The third kappa shape index (κ3) is 5.82. The molecule has 24 heavy (non-hydrogen) atoms. The zero-order valence-corrected chi connectivity index (χ0v) is 15.3. The molecule has 0 aliphatic rings. The van der Waals surface area contributed by atoms with Crippen LogP contribution < -0.4 is 10.1 Å². The van der Waals surface area contributed by atoms with Crippen LogP contribution in [0.1, 0.15) is 43.9 Å². The Labute approximate surface area is 149 Å². The molecule has 0 aliphatic heterocycles. The van der Waals surface area contributed by atoms with Gasteiger partial charge >= 0.3 is 0 Å². The molecule has 2 N–H and O–H groups in total. The SMILES string of the molecule is CC(C)Oc1ccc(C(C)CNCC(O)c2cccc(Cl)c2)cc1. The molecule has 0 spiro atoms. The van der Waals surface area contributed by atoms with Gasteiger partial charge in [-0.25, -0.2) is 0 Å². The fraction of sp³-hybridized carbons (Fsp3) is 0.400. The molecule has 0 amide bonds. The quantitative estimate of drug-likeness (QED) is 0.735. The number of ether oxygens (including phenoxy) is 1. The van der Waals surface area contributed by atoms with Crippen LogP contribution >= 0.6 is 11.6 Å². The molecule has 2 rings (SSSR count). The molecule has 0 aromatic heterocycles. The second-order valence-corrected chi connectivity index (χ2v) is 6.80. The van der Waals surface area contributed by atoms with Gasteiger partial charge in [-0.15, -0.1) is 0 Å². The number of aliphatic hydroxyl groups is 1. The lowest BCUT2D eigenvalue weighted by Gasteiger charge is -2.17. The van der Waals surface area contributed by atoms with Crippen molar-refractivity contribution in [3.8, 4) is 5.75 Å². The number of nitrogens with one attached hydrogen (secondary N) is 1. The molecule has 0 heterocycles. The molecule has 2 aromatic rings. The van der Waals surface area contributed by atoms with E-state index in [2.05, 4.69) is 24.4 Å². The van der Waals surface area contributed by atoms with Crippen LogP contribution in [0.5, 0.6) is 5.75 Å². The fourth-order valence-corrected chi connectivity index (χ4v) is 2.73. The maximum atomic E-state index is 10.2. The van der Waals surface area contributed by atoms with Crippen LogP contribution in [-0.4, -0.2) is 24.3 Å². The molecule has 4 heteroatoms. The van der Waals surface area contributed by atoms with Gasteiger partial charge in [-0.3, -0.25) is 0 Å². The van der Waals surface area contributed by atoms with E-state index in [1.165, 1.54) is 5.56 Å². The number of rotatable bonds is 8. The third-order valence-corrected chi connectivity index (χ3v) is 4.08. The molecule has 2 unspecified atom stereocenters. The van der Waals surface area contributed by atoms with E-state index in [0.717, 1.165) is 17.9 Å². The number of aliphatic hydroxyl groups excluding tert-OH is 1. The normalized spacial score (nSPS) is 13.8. The number of halogens is 1. The average Bonchev–Trinajstić information content (AvgIpc) is 2.54. The van der Waals surface area contributed by atoms with Crippen molar-refractivity contribution in [1.82, 2.24) is 5.32 Å². The largest absolute Gasteiger partial charge is 0.491 e. The van der Waals surface area contributed by atoms with Crippen molar-refractivity contribution in [2.75, 3.05) is 13.1 Å². The molecule has 2 aromatic carbocycles. The highest BCUT2D eigenvalue weighted by molar-refractivity contribution is 6.30. The monoisotopic (exact) mass is 347 g/mol. The van der Waals surface area contributed by atoms with Crippen molar-refractivity contribution in [2.24, 2.45) is 0 Å². The van der Waals surface area contributed by atoms with Gasteiger partial charge in [0.05, 0.1) is 12.2 Å². The number of hydrogen-bond donors (Lipinski definition) is 2. The summed E-state index contributed by atoms with van der Waals surface area (Å²) in [5, 5.41) is 14.2. The summed E-state index contributed by atoms with van der Waals surface area (Å²) in [7, 11) is 0. The van der Waals surface area contributed by atoms with Gasteiger partial charge in [0.1, 0.15) is 5.75 Å². The van der Waals surface area contributed by atoms with Gasteiger partial charge in [0.2, 0.25) is 0 Å². The maximum absolute atomic E-state index is 10.2. The van der Waals surface area contributed by atoms with Crippen LogP contribution in [-0.2, 0) is 0 Å². The molecule has 0 radical (unpaired) electrons. The molecular weight excluding hydrogens is 322 g/mol. The van der Waals surface area contributed by atoms with Crippen molar-refractivity contribution >= 4 is 11.6 Å². The average molecular weight is 348 g/mol. The Kier molecular flexibility index (Phi) is 7.10. The van der Waals surface area contributed by atoms with Gasteiger partial charge in [-0.2, -0.15) is 0 Å². The Morgan fingerprint density at radius 2 is 1.71 bits per heavy atom. The summed E-state index contributed by atoms with van der Waals surface area (Å²) < 4.78 is 5.66. The minimum absolute atomic E-state index is 0.183. The zero-order chi connectivity index (χ0) is 17.5. The summed E-state index contributed by atoms with van der Waals surface area (Å²) in [4.78, 5) is 0. The zero-order valence-electron chi connectivity index (χ0n) is 14.5. The molecular formula is C20H26ClNO2. The highest BCUT2D eigenvalue weighted by Gasteiger charge is 2.10. The third-order valence-electron chi connectivity index (χ3n) is 3.84. The first-order valence-corrected chi connectivity index (χ1v) is 8.74. The predicted octanol–water partition coefficient (Wildman–Crippen LogP) is 4.55. The molecule has 0 bridgehead atoms. The maximum Gasteiger partial charge on any atom is 0.119 e. The van der Waals surface area contributed by atoms with Crippen molar-refractivity contribution in [1.29, 1.82) is 0 Å². The molecule has 0 saturated heterocycles. The van der Waals surface area contributed by atoms with Crippen molar-refractivity contribution in [3.05, 3.63) is 64.7 Å². The van der Waals surface area contributed by atoms with Crippen molar-refractivity contribution in [3.63, 3.8) is 0 Å². The van der Waals surface area contributed by atoms with Gasteiger partial charge in [0.15, 0.2) is 0 Å². The van der Waals surface area contributed by atoms with Crippen LogP contribution in [0, 0.1) is 0 Å². The van der Waals surface area contributed by atoms with E-state index in [1.54, 1.807) is 12.1 Å². The van der Waals surface area contributed by atoms with Gasteiger partial charge in [-0.1, -0.05) is 42.8 Å². The van der Waals surface area contributed by atoms with E-state index in [0.29, 0.717) is 17.5 Å². The molecule has 0 fully saturated rings. The topological polar surface area (TPSA) is 41.5 Å². The van der Waals surface area contributed by atoms with Gasteiger partial charge in [0, 0.05) is 18.1 Å². The van der Waals surface area contributed by atoms with Crippen molar-refractivity contribution < 1.29 is 9.84 Å². The van der Waals surface area contributed by atoms with Crippen LogP contribution in [0.2, 0.25) is 5.02 Å². The minimum Gasteiger partial charge on any atom is -0.491 e. The first kappa shape index (κ1) is 18.8. The smallest absolute Gasteiger partial charge is 0.119 e. The van der Waals surface area contributed by atoms with E-state index in [1.807, 2.05) is 38.1 Å². The molecule has 2 atom stereocenters. The molecule has 130 valence electrons. The number of hydrogen-bond acceptors (Lipinski definition) is 3. The number of benzene rings is 2. The summed E-state index contributed by atoms with van der Waals surface area (Å²) >= 11 is 5.96. The highest BCUT2D eigenvalue weighted by atomic mass is 35.5. The highest BCUT2D eigenvalue weighted by Crippen LogP contribution is 2.20. The van der Waals surface area contributed by atoms with Crippen LogP contribution in [0.25, 0.3) is 0 Å². The fourth-order valence-electron chi connectivity index (χ4n) is 2.53. The Hall–Kier alpha value is -1.55. The Balaban J connectivity index is 1.81. The summed E-state index contributed by atoms with van der Waals surface area (Å²) in [6.45, 7) is 7.50. The first-order valence-electron chi connectivity index (χ1n) is 8.36. The summed E-state index contributed by atoms with van der Waals surface area (Å²) in [6, 6.07) is 15.5. The van der Waals surface area contributed by atoms with Crippen molar-refractivity contribution in [2.45, 2.75) is 38.9 Å². The predicted molar refractivity (Wildman–Crippen MR) is 99.9 cm³/mol. The molecule has 3 nitrogen and oxygen atoms in total. The lowest BCUT2D eigenvalue weighted by Crippen LogP contribution is -2.25. The second kappa shape index (κ2) is 9.07. The van der Waals surface area contributed by atoms with E-state index in [-0.39, 0.29) is 6.10 Å². The molecule has 0 saturated carbocycles. The Morgan fingerprint density at radius 1 is 1.00 bits per heavy atom. The van der Waals surface area contributed by atoms with Crippen LogP contribution in [0.15, 0.2) is 48.5 Å². The second-order valence-electron chi connectivity index (χ2n) is 6.37. The summed E-state index contributed by atoms with van der Waals surface area (Å²) in [6.07, 6.45) is -0.374. The Morgan fingerprint density at radius 3 is 2.33 bits per heavy atom. The summed E-state index contributed by atoms with van der Waals surface area (Å²) in [5.41, 5.74) is 2.08. The summed E-state index contributed by atoms with van der Waals surface area (Å²) in [5.74, 6) is 1.25. The lowest BCUT2D eigenvalue weighted by molar-refractivity contribution is 0.174. The lowest BCUT2D eigenvalue weighted by atomic mass is 10.0.